The van der Waals surface area contributed by atoms with Crippen molar-refractivity contribution in [3.05, 3.63) is 11.1 Å². The lowest BCUT2D eigenvalue weighted by Crippen LogP contribution is -2.25. The second-order valence-corrected chi connectivity index (χ2v) is 7.42. The first-order valence-electron chi connectivity index (χ1n) is 8.17. The maximum atomic E-state index is 12.3. The summed E-state index contributed by atoms with van der Waals surface area (Å²) in [7, 11) is 0. The highest BCUT2D eigenvalue weighted by Gasteiger charge is 2.30. The number of amides is 1. The summed E-state index contributed by atoms with van der Waals surface area (Å²) in [6, 6.07) is 0.148. The molecule has 2 N–H and O–H groups in total. The van der Waals surface area contributed by atoms with E-state index < -0.39 is 0 Å². The van der Waals surface area contributed by atoms with Crippen LogP contribution in [-0.4, -0.2) is 16.9 Å². The van der Waals surface area contributed by atoms with Crippen molar-refractivity contribution in [3.63, 3.8) is 0 Å². The van der Waals surface area contributed by atoms with Crippen molar-refractivity contribution in [1.29, 1.82) is 5.26 Å². The number of hydrogen-bond donors (Lipinski definition) is 2. The normalized spacial score (nSPS) is 25.6. The average Bonchev–Trinajstić information content (AvgIpc) is 3.18. The van der Waals surface area contributed by atoms with Gasteiger partial charge < -0.3 is 10.6 Å². The number of aromatic nitrogens is 1. The first-order valence-corrected chi connectivity index (χ1v) is 8.99. The molecule has 22 heavy (non-hydrogen) atoms. The predicted molar refractivity (Wildman–Crippen MR) is 86.4 cm³/mol. The molecular weight excluding hydrogens is 296 g/mol. The number of carbonyl (C=O) groups excluding carboxylic acids is 1. The van der Waals surface area contributed by atoms with Crippen LogP contribution in [0.2, 0.25) is 0 Å². The van der Waals surface area contributed by atoms with E-state index in [9.17, 15) is 4.79 Å². The summed E-state index contributed by atoms with van der Waals surface area (Å²) in [5.74, 6) is 0.673. The van der Waals surface area contributed by atoms with Crippen molar-refractivity contribution < 1.29 is 4.79 Å². The van der Waals surface area contributed by atoms with Gasteiger partial charge in [0.1, 0.15) is 0 Å². The fourth-order valence-corrected chi connectivity index (χ4v) is 4.56. The van der Waals surface area contributed by atoms with Gasteiger partial charge in [-0.25, -0.2) is 4.98 Å². The van der Waals surface area contributed by atoms with Crippen LogP contribution in [0.25, 0.3) is 0 Å². The molecule has 2 aliphatic carbocycles. The minimum atomic E-state index is -0.00659. The van der Waals surface area contributed by atoms with Crippen LogP contribution >= 0.6 is 11.3 Å². The van der Waals surface area contributed by atoms with Crippen molar-refractivity contribution in [1.82, 2.24) is 10.3 Å². The molecule has 1 heterocycles. The van der Waals surface area contributed by atoms with Crippen LogP contribution in [0, 0.1) is 17.4 Å². The third-order valence-corrected chi connectivity index (χ3v) is 5.91. The molecule has 6 heteroatoms. The lowest BCUT2D eigenvalue weighted by atomic mass is 9.89. The zero-order valence-corrected chi connectivity index (χ0v) is 13.5. The van der Waals surface area contributed by atoms with Gasteiger partial charge >= 0.3 is 0 Å². The molecule has 2 aliphatic rings. The highest BCUT2D eigenvalue weighted by atomic mass is 32.1. The van der Waals surface area contributed by atoms with E-state index in [2.05, 4.69) is 15.6 Å². The minimum absolute atomic E-state index is 0.00659. The van der Waals surface area contributed by atoms with Crippen LogP contribution in [0.5, 0.6) is 0 Å². The van der Waals surface area contributed by atoms with Crippen molar-refractivity contribution in [2.24, 2.45) is 5.92 Å². The van der Waals surface area contributed by atoms with E-state index in [0.29, 0.717) is 5.92 Å². The number of nitrogens with zero attached hydrogens (tertiary/aromatic N) is 2. The van der Waals surface area contributed by atoms with Gasteiger partial charge in [-0.05, 0) is 38.0 Å². The smallest absolute Gasteiger partial charge is 0.229 e. The molecule has 2 atom stereocenters. The van der Waals surface area contributed by atoms with Gasteiger partial charge in [-0.2, -0.15) is 5.26 Å². The zero-order valence-electron chi connectivity index (χ0n) is 12.7. The Hall–Kier alpha value is -1.61. The second kappa shape index (κ2) is 7.10. The second-order valence-electron chi connectivity index (χ2n) is 6.36. The van der Waals surface area contributed by atoms with Crippen molar-refractivity contribution in [3.8, 4) is 6.19 Å². The van der Waals surface area contributed by atoms with E-state index in [1.807, 2.05) is 12.4 Å². The van der Waals surface area contributed by atoms with E-state index in [4.69, 9.17) is 5.26 Å². The molecule has 1 aromatic rings. The van der Waals surface area contributed by atoms with Gasteiger partial charge in [0.15, 0.2) is 11.3 Å². The topological polar surface area (TPSA) is 77.8 Å². The van der Waals surface area contributed by atoms with Crippen LogP contribution < -0.4 is 10.6 Å². The number of nitriles is 1. The summed E-state index contributed by atoms with van der Waals surface area (Å²) in [6.07, 6.45) is 12.8. The zero-order chi connectivity index (χ0) is 15.4. The van der Waals surface area contributed by atoms with E-state index in [1.165, 1.54) is 37.0 Å². The van der Waals surface area contributed by atoms with Gasteiger partial charge in [0, 0.05) is 23.0 Å². The molecule has 5 nitrogen and oxygen atoms in total. The molecule has 0 spiro atoms. The van der Waals surface area contributed by atoms with Crippen molar-refractivity contribution >= 4 is 22.4 Å². The predicted octanol–water partition coefficient (Wildman–Crippen LogP) is 3.37. The van der Waals surface area contributed by atoms with E-state index in [0.717, 1.165) is 24.4 Å². The maximum Gasteiger partial charge on any atom is 0.229 e. The molecular formula is C16H22N4OS. The molecule has 2 fully saturated rings. The summed E-state index contributed by atoms with van der Waals surface area (Å²) in [4.78, 5) is 18.0. The third-order valence-electron chi connectivity index (χ3n) is 4.83. The highest BCUT2D eigenvalue weighted by Crippen LogP contribution is 2.37. The number of thiazole rings is 1. The number of nitrogens with one attached hydrogen (secondary N) is 2. The van der Waals surface area contributed by atoms with Crippen molar-refractivity contribution in [2.45, 2.75) is 63.3 Å². The Morgan fingerprint density at radius 2 is 2.09 bits per heavy atom. The summed E-state index contributed by atoms with van der Waals surface area (Å²) in [5, 5.41) is 15.1. The van der Waals surface area contributed by atoms with Gasteiger partial charge in [0.05, 0.1) is 0 Å². The Morgan fingerprint density at radius 3 is 2.86 bits per heavy atom. The number of rotatable bonds is 4. The third kappa shape index (κ3) is 3.58. The van der Waals surface area contributed by atoms with Crippen LogP contribution in [0.1, 0.15) is 62.2 Å². The Morgan fingerprint density at radius 1 is 1.27 bits per heavy atom. The average molecular weight is 318 g/mol. The molecule has 3 rings (SSSR count). The molecule has 118 valence electrons. The van der Waals surface area contributed by atoms with Gasteiger partial charge in [-0.3, -0.25) is 4.79 Å². The SMILES string of the molecule is N#CN[C@H]1CC[C@H](C(=O)Nc2ncc(C3CCCCC3)s2)C1. The fourth-order valence-electron chi connectivity index (χ4n) is 3.57. The van der Waals surface area contributed by atoms with E-state index in [-0.39, 0.29) is 17.9 Å². The number of anilines is 1. The largest absolute Gasteiger partial charge is 0.321 e. The molecule has 0 radical (unpaired) electrons. The first-order chi connectivity index (χ1) is 10.8. The molecule has 0 bridgehead atoms. The van der Waals surface area contributed by atoms with E-state index >= 15 is 0 Å². The van der Waals surface area contributed by atoms with Gasteiger partial charge in [0.2, 0.25) is 5.91 Å². The van der Waals surface area contributed by atoms with E-state index in [1.54, 1.807) is 11.3 Å². The highest BCUT2D eigenvalue weighted by molar-refractivity contribution is 7.15. The van der Waals surface area contributed by atoms with Crippen LogP contribution in [-0.2, 0) is 4.79 Å². The van der Waals surface area contributed by atoms with Gasteiger partial charge in [-0.1, -0.05) is 19.3 Å². The minimum Gasteiger partial charge on any atom is -0.321 e. The van der Waals surface area contributed by atoms with Gasteiger partial charge in [0.25, 0.3) is 0 Å². The summed E-state index contributed by atoms with van der Waals surface area (Å²) < 4.78 is 0. The molecule has 2 saturated carbocycles. The molecule has 0 unspecified atom stereocenters. The summed E-state index contributed by atoms with van der Waals surface area (Å²) in [5.41, 5.74) is 0. The Labute approximate surface area is 135 Å². The Bertz CT molecular complexity index is 559. The molecule has 0 saturated heterocycles. The monoisotopic (exact) mass is 318 g/mol. The number of carbonyl (C=O) groups is 1. The van der Waals surface area contributed by atoms with Crippen LogP contribution in [0.3, 0.4) is 0 Å². The summed E-state index contributed by atoms with van der Waals surface area (Å²) >= 11 is 1.63. The molecule has 1 aromatic heterocycles. The fraction of sp³-hybridized carbons (Fsp3) is 0.688. The Balaban J connectivity index is 1.54. The molecule has 0 aliphatic heterocycles. The first kappa shape index (κ1) is 15.3. The summed E-state index contributed by atoms with van der Waals surface area (Å²) in [6.45, 7) is 0. The Kier molecular flexibility index (Phi) is 4.94. The van der Waals surface area contributed by atoms with Crippen LogP contribution in [0.15, 0.2) is 6.20 Å². The standard InChI is InChI=1S/C16H22N4OS/c17-10-19-13-7-6-12(8-13)15(21)20-16-18-9-14(22-16)11-4-2-1-3-5-11/h9,11-13,19H,1-8H2,(H,18,20,21)/t12-,13-/m0/s1. The molecule has 1 amide bonds. The lowest BCUT2D eigenvalue weighted by Gasteiger charge is -2.19. The quantitative estimate of drug-likeness (QED) is 0.659. The molecule has 0 aromatic carbocycles. The van der Waals surface area contributed by atoms with Gasteiger partial charge in [-0.15, -0.1) is 11.3 Å². The van der Waals surface area contributed by atoms with Crippen molar-refractivity contribution in [2.75, 3.05) is 5.32 Å². The number of hydrogen-bond acceptors (Lipinski definition) is 5. The lowest BCUT2D eigenvalue weighted by molar-refractivity contribution is -0.119. The van der Waals surface area contributed by atoms with Crippen LogP contribution in [0.4, 0.5) is 5.13 Å². The maximum absolute atomic E-state index is 12.3.